The molecule has 29 heavy (non-hydrogen) atoms. The quantitative estimate of drug-likeness (QED) is 0.574. The summed E-state index contributed by atoms with van der Waals surface area (Å²) in [5.41, 5.74) is 1.34. The summed E-state index contributed by atoms with van der Waals surface area (Å²) in [6.45, 7) is 6.42. The smallest absolute Gasteiger partial charge is 0.293 e. The predicted molar refractivity (Wildman–Crippen MR) is 111 cm³/mol. The maximum Gasteiger partial charge on any atom is 0.293 e. The van der Waals surface area contributed by atoms with E-state index in [0.29, 0.717) is 11.7 Å². The van der Waals surface area contributed by atoms with E-state index in [1.54, 1.807) is 30.5 Å². The van der Waals surface area contributed by atoms with E-state index >= 15 is 0 Å². The minimum absolute atomic E-state index is 0.131. The van der Waals surface area contributed by atoms with Gasteiger partial charge in [-0.3, -0.25) is 14.9 Å². The van der Waals surface area contributed by atoms with Gasteiger partial charge in [-0.1, -0.05) is 18.2 Å². The third-order valence-electron chi connectivity index (χ3n) is 4.57. The molecule has 3 aromatic heterocycles. The fourth-order valence-electron chi connectivity index (χ4n) is 3.30. The number of rotatable bonds is 4. The zero-order valence-electron chi connectivity index (χ0n) is 16.5. The molecular weight excluding hydrogens is 368 g/mol. The highest BCUT2D eigenvalue weighted by molar-refractivity contribution is 6.02. The zero-order valence-corrected chi connectivity index (χ0v) is 16.5. The van der Waals surface area contributed by atoms with Crippen molar-refractivity contribution in [2.75, 3.05) is 5.32 Å². The molecule has 0 saturated carbocycles. The molecule has 0 atom stereocenters. The van der Waals surface area contributed by atoms with Gasteiger partial charge in [-0.25, -0.2) is 4.98 Å². The Labute approximate surface area is 167 Å². The Bertz CT molecular complexity index is 1240. The lowest BCUT2D eigenvalue weighted by Gasteiger charge is -2.24. The van der Waals surface area contributed by atoms with Crippen LogP contribution in [0.3, 0.4) is 0 Å². The molecule has 0 unspecified atom stereocenters. The highest BCUT2D eigenvalue weighted by atomic mass is 16.4. The van der Waals surface area contributed by atoms with Crippen LogP contribution in [-0.4, -0.2) is 20.0 Å². The molecule has 4 aromatic rings. The molecule has 3 heterocycles. The molecule has 1 aromatic carbocycles. The topological polar surface area (TPSA) is 82.1 Å². The van der Waals surface area contributed by atoms with Gasteiger partial charge in [0.05, 0.1) is 17.6 Å². The molecule has 1 amide bonds. The van der Waals surface area contributed by atoms with Crippen LogP contribution in [0.1, 0.15) is 37.1 Å². The summed E-state index contributed by atoms with van der Waals surface area (Å²) >= 11 is 0. The van der Waals surface area contributed by atoms with Gasteiger partial charge in [0.15, 0.2) is 5.76 Å². The molecule has 7 heteroatoms. The number of nitrogens with one attached hydrogen (secondary N) is 1. The SMILES string of the molecule is CC(C)(C)n1c(NC(=O)c2ccc(Cn3ccccc3=O)o2)nc2ccccc21. The Morgan fingerprint density at radius 3 is 2.59 bits per heavy atom. The van der Waals surface area contributed by atoms with E-state index in [-0.39, 0.29) is 23.4 Å². The molecule has 0 aliphatic heterocycles. The number of hydrogen-bond donors (Lipinski definition) is 1. The largest absolute Gasteiger partial charge is 0.454 e. The number of fused-ring (bicyclic) bond motifs is 1. The second kappa shape index (κ2) is 7.09. The summed E-state index contributed by atoms with van der Waals surface area (Å²) in [4.78, 5) is 29.2. The monoisotopic (exact) mass is 390 g/mol. The maximum atomic E-state index is 12.8. The summed E-state index contributed by atoms with van der Waals surface area (Å²) in [6.07, 6.45) is 1.68. The van der Waals surface area contributed by atoms with Crippen LogP contribution in [0.2, 0.25) is 0 Å². The molecule has 0 radical (unpaired) electrons. The number of anilines is 1. The number of furan rings is 1. The van der Waals surface area contributed by atoms with Crippen molar-refractivity contribution >= 4 is 22.9 Å². The molecule has 0 spiro atoms. The molecule has 0 fully saturated rings. The van der Waals surface area contributed by atoms with Crippen molar-refractivity contribution in [2.45, 2.75) is 32.9 Å². The van der Waals surface area contributed by atoms with E-state index in [4.69, 9.17) is 4.42 Å². The van der Waals surface area contributed by atoms with Crippen molar-refractivity contribution < 1.29 is 9.21 Å². The first-order valence-electron chi connectivity index (χ1n) is 9.36. The first-order valence-corrected chi connectivity index (χ1v) is 9.36. The lowest BCUT2D eigenvalue weighted by Crippen LogP contribution is -2.25. The Morgan fingerprint density at radius 2 is 1.83 bits per heavy atom. The van der Waals surface area contributed by atoms with Crippen LogP contribution < -0.4 is 10.9 Å². The third-order valence-corrected chi connectivity index (χ3v) is 4.57. The van der Waals surface area contributed by atoms with Crippen molar-refractivity contribution in [1.82, 2.24) is 14.1 Å². The Morgan fingerprint density at radius 1 is 1.07 bits per heavy atom. The van der Waals surface area contributed by atoms with Gasteiger partial charge >= 0.3 is 0 Å². The van der Waals surface area contributed by atoms with E-state index in [1.807, 2.05) is 28.8 Å². The van der Waals surface area contributed by atoms with Crippen LogP contribution in [0.4, 0.5) is 5.95 Å². The molecular formula is C22H22N4O3. The summed E-state index contributed by atoms with van der Waals surface area (Å²) in [5, 5.41) is 2.86. The number of carbonyl (C=O) groups excluding carboxylic acids is 1. The van der Waals surface area contributed by atoms with Crippen molar-refractivity contribution in [3.8, 4) is 0 Å². The van der Waals surface area contributed by atoms with Gasteiger partial charge < -0.3 is 13.6 Å². The van der Waals surface area contributed by atoms with Gasteiger partial charge in [0, 0.05) is 17.8 Å². The van der Waals surface area contributed by atoms with Gasteiger partial charge in [-0.2, -0.15) is 0 Å². The standard InChI is InChI=1S/C22H22N4O3/c1-22(2,3)26-17-9-5-4-8-16(17)23-21(26)24-20(28)18-12-11-15(29-18)14-25-13-7-6-10-19(25)27/h4-13H,14H2,1-3H3,(H,23,24,28). The van der Waals surface area contributed by atoms with Crippen molar-refractivity contribution in [2.24, 2.45) is 0 Å². The molecule has 148 valence electrons. The number of amides is 1. The number of benzene rings is 1. The second-order valence-electron chi connectivity index (χ2n) is 7.82. The van der Waals surface area contributed by atoms with E-state index in [0.717, 1.165) is 11.0 Å². The Kier molecular flexibility index (Phi) is 4.58. The van der Waals surface area contributed by atoms with E-state index in [9.17, 15) is 9.59 Å². The van der Waals surface area contributed by atoms with E-state index in [2.05, 4.69) is 31.1 Å². The van der Waals surface area contributed by atoms with Crippen LogP contribution in [-0.2, 0) is 12.1 Å². The fraction of sp³-hybridized carbons (Fsp3) is 0.227. The minimum Gasteiger partial charge on any atom is -0.454 e. The molecule has 4 rings (SSSR count). The minimum atomic E-state index is -0.391. The number of hydrogen-bond acceptors (Lipinski definition) is 4. The van der Waals surface area contributed by atoms with Crippen molar-refractivity contribution in [3.05, 3.63) is 82.7 Å². The fourth-order valence-corrected chi connectivity index (χ4v) is 3.30. The van der Waals surface area contributed by atoms with Crippen LogP contribution in [0.15, 0.2) is 70.0 Å². The average Bonchev–Trinajstić information content (AvgIpc) is 3.27. The van der Waals surface area contributed by atoms with Crippen LogP contribution in [0, 0.1) is 0 Å². The number of para-hydroxylation sites is 2. The second-order valence-corrected chi connectivity index (χ2v) is 7.82. The average molecular weight is 390 g/mol. The molecule has 0 aliphatic rings. The van der Waals surface area contributed by atoms with Gasteiger partial charge in [-0.05, 0) is 51.1 Å². The summed E-state index contributed by atoms with van der Waals surface area (Å²) < 4.78 is 9.17. The summed E-state index contributed by atoms with van der Waals surface area (Å²) in [5.74, 6) is 0.752. The molecule has 0 bridgehead atoms. The lowest BCUT2D eigenvalue weighted by molar-refractivity contribution is 0.0993. The maximum absolute atomic E-state index is 12.8. The van der Waals surface area contributed by atoms with Gasteiger partial charge in [-0.15, -0.1) is 0 Å². The van der Waals surface area contributed by atoms with E-state index < -0.39 is 5.91 Å². The highest BCUT2D eigenvalue weighted by Gasteiger charge is 2.23. The van der Waals surface area contributed by atoms with Crippen LogP contribution in [0.5, 0.6) is 0 Å². The number of aromatic nitrogens is 3. The summed E-state index contributed by atoms with van der Waals surface area (Å²) in [7, 11) is 0. The molecule has 0 saturated heterocycles. The normalized spacial score (nSPS) is 11.7. The third kappa shape index (κ3) is 3.71. The number of carbonyl (C=O) groups is 1. The number of pyridine rings is 1. The Hall–Kier alpha value is -3.61. The number of imidazole rings is 1. The van der Waals surface area contributed by atoms with Crippen LogP contribution in [0.25, 0.3) is 11.0 Å². The van der Waals surface area contributed by atoms with E-state index in [1.165, 1.54) is 10.6 Å². The first-order chi connectivity index (χ1) is 13.8. The zero-order chi connectivity index (χ0) is 20.6. The van der Waals surface area contributed by atoms with Gasteiger partial charge in [0.2, 0.25) is 5.95 Å². The first kappa shape index (κ1) is 18.7. The molecule has 0 aliphatic carbocycles. The lowest BCUT2D eigenvalue weighted by atomic mass is 10.1. The summed E-state index contributed by atoms with van der Waals surface area (Å²) in [6, 6.07) is 16.0. The van der Waals surface area contributed by atoms with Crippen molar-refractivity contribution in [1.29, 1.82) is 0 Å². The highest BCUT2D eigenvalue weighted by Crippen LogP contribution is 2.28. The molecule has 7 nitrogen and oxygen atoms in total. The van der Waals surface area contributed by atoms with Crippen LogP contribution >= 0.6 is 0 Å². The van der Waals surface area contributed by atoms with Gasteiger partial charge in [0.1, 0.15) is 5.76 Å². The molecule has 1 N–H and O–H groups in total. The number of nitrogens with zero attached hydrogens (tertiary/aromatic N) is 3. The predicted octanol–water partition coefficient (Wildman–Crippen LogP) is 3.85. The van der Waals surface area contributed by atoms with Crippen molar-refractivity contribution in [3.63, 3.8) is 0 Å². The van der Waals surface area contributed by atoms with Gasteiger partial charge in [0.25, 0.3) is 11.5 Å². The Balaban J connectivity index is 1.60.